The van der Waals surface area contributed by atoms with Crippen LogP contribution in [0.4, 0.5) is 0 Å². The second kappa shape index (κ2) is 5.82. The van der Waals surface area contributed by atoms with Crippen LogP contribution in [0.25, 0.3) is 0 Å². The van der Waals surface area contributed by atoms with E-state index in [0.29, 0.717) is 13.0 Å². The van der Waals surface area contributed by atoms with Gasteiger partial charge in [-0.05, 0) is 32.6 Å². The molecule has 1 rings (SSSR count). The van der Waals surface area contributed by atoms with E-state index in [-0.39, 0.29) is 18.6 Å². The molecule has 2 unspecified atom stereocenters. The van der Waals surface area contributed by atoms with E-state index in [0.717, 1.165) is 25.5 Å². The Balaban J connectivity index is 2.68. The summed E-state index contributed by atoms with van der Waals surface area (Å²) in [5.41, 5.74) is 0. The first kappa shape index (κ1) is 14.4. The summed E-state index contributed by atoms with van der Waals surface area (Å²) in [6.07, 6.45) is 4.31. The average Bonchev–Trinajstić information content (AvgIpc) is 2.71. The van der Waals surface area contributed by atoms with Crippen LogP contribution in [0.5, 0.6) is 0 Å². The summed E-state index contributed by atoms with van der Waals surface area (Å²) >= 11 is 0. The van der Waals surface area contributed by atoms with E-state index in [4.69, 9.17) is 5.11 Å². The third-order valence-electron chi connectivity index (χ3n) is 3.35. The van der Waals surface area contributed by atoms with E-state index in [1.165, 1.54) is 6.92 Å². The maximum Gasteiger partial charge on any atom is 0.240 e. The van der Waals surface area contributed by atoms with Gasteiger partial charge in [-0.3, -0.25) is 4.79 Å². The SMILES string of the molecule is CC(C(=O)N1CCCC1CCCO)S(C)(=O)=O. The van der Waals surface area contributed by atoms with Crippen molar-refractivity contribution in [3.63, 3.8) is 0 Å². The maximum absolute atomic E-state index is 12.0. The van der Waals surface area contributed by atoms with Gasteiger partial charge >= 0.3 is 0 Å². The fourth-order valence-corrected chi connectivity index (χ4v) is 2.67. The highest BCUT2D eigenvalue weighted by Gasteiger charge is 2.34. The number of carbonyl (C=O) groups excluding carboxylic acids is 1. The summed E-state index contributed by atoms with van der Waals surface area (Å²) in [5, 5.41) is 7.83. The Labute approximate surface area is 103 Å². The van der Waals surface area contributed by atoms with Crippen LogP contribution < -0.4 is 0 Å². The molecule has 5 nitrogen and oxygen atoms in total. The van der Waals surface area contributed by atoms with E-state index < -0.39 is 15.1 Å². The minimum absolute atomic E-state index is 0.0962. The molecule has 0 aromatic heterocycles. The van der Waals surface area contributed by atoms with E-state index >= 15 is 0 Å². The van der Waals surface area contributed by atoms with Crippen molar-refractivity contribution >= 4 is 15.7 Å². The average molecular weight is 263 g/mol. The van der Waals surface area contributed by atoms with Crippen molar-refractivity contribution < 1.29 is 18.3 Å². The zero-order valence-electron chi connectivity index (χ0n) is 10.4. The maximum atomic E-state index is 12.0. The van der Waals surface area contributed by atoms with E-state index in [1.807, 2.05) is 0 Å². The normalized spacial score (nSPS) is 22.8. The first-order valence-electron chi connectivity index (χ1n) is 5.98. The molecule has 0 aliphatic carbocycles. The van der Waals surface area contributed by atoms with Crippen molar-refractivity contribution in [2.24, 2.45) is 0 Å². The predicted molar refractivity (Wildman–Crippen MR) is 65.4 cm³/mol. The van der Waals surface area contributed by atoms with Crippen LogP contribution in [0.2, 0.25) is 0 Å². The highest BCUT2D eigenvalue weighted by Crippen LogP contribution is 2.23. The molecule has 1 aliphatic heterocycles. The number of carbonyl (C=O) groups is 1. The fraction of sp³-hybridized carbons (Fsp3) is 0.909. The van der Waals surface area contributed by atoms with Gasteiger partial charge in [0.15, 0.2) is 9.84 Å². The largest absolute Gasteiger partial charge is 0.396 e. The van der Waals surface area contributed by atoms with Gasteiger partial charge in [0.25, 0.3) is 0 Å². The zero-order chi connectivity index (χ0) is 13.1. The number of nitrogens with zero attached hydrogens (tertiary/aromatic N) is 1. The number of hydrogen-bond acceptors (Lipinski definition) is 4. The molecule has 1 N–H and O–H groups in total. The second-order valence-electron chi connectivity index (χ2n) is 4.67. The zero-order valence-corrected chi connectivity index (χ0v) is 11.2. The van der Waals surface area contributed by atoms with Gasteiger partial charge < -0.3 is 10.0 Å². The van der Waals surface area contributed by atoms with Gasteiger partial charge in [0.05, 0.1) is 0 Å². The van der Waals surface area contributed by atoms with Crippen LogP contribution in [0.3, 0.4) is 0 Å². The first-order valence-corrected chi connectivity index (χ1v) is 7.93. The summed E-state index contributed by atoms with van der Waals surface area (Å²) in [5.74, 6) is -0.298. The molecule has 0 radical (unpaired) electrons. The summed E-state index contributed by atoms with van der Waals surface area (Å²) in [4.78, 5) is 13.7. The van der Waals surface area contributed by atoms with Gasteiger partial charge in [-0.2, -0.15) is 0 Å². The van der Waals surface area contributed by atoms with Crippen LogP contribution in [0.15, 0.2) is 0 Å². The summed E-state index contributed by atoms with van der Waals surface area (Å²) < 4.78 is 22.7. The van der Waals surface area contributed by atoms with Crippen LogP contribution >= 0.6 is 0 Å². The number of aliphatic hydroxyl groups is 1. The number of sulfone groups is 1. The Morgan fingerprint density at radius 2 is 2.18 bits per heavy atom. The summed E-state index contributed by atoms with van der Waals surface area (Å²) in [7, 11) is -3.32. The standard InChI is InChI=1S/C11H21NO4S/c1-9(17(2,15)16)11(14)12-7-3-5-10(12)6-4-8-13/h9-10,13H,3-8H2,1-2H3. The Morgan fingerprint density at radius 1 is 1.53 bits per heavy atom. The number of rotatable bonds is 5. The lowest BCUT2D eigenvalue weighted by molar-refractivity contribution is -0.131. The number of amides is 1. The first-order chi connectivity index (χ1) is 7.88. The van der Waals surface area contributed by atoms with Crippen molar-refractivity contribution in [2.75, 3.05) is 19.4 Å². The van der Waals surface area contributed by atoms with Crippen molar-refractivity contribution in [1.29, 1.82) is 0 Å². The Hall–Kier alpha value is -0.620. The van der Waals surface area contributed by atoms with Gasteiger partial charge in [-0.25, -0.2) is 8.42 Å². The molecule has 6 heteroatoms. The van der Waals surface area contributed by atoms with Crippen LogP contribution in [0.1, 0.15) is 32.6 Å². The lowest BCUT2D eigenvalue weighted by Gasteiger charge is -2.26. The van der Waals surface area contributed by atoms with Gasteiger partial charge in [0, 0.05) is 25.4 Å². The van der Waals surface area contributed by atoms with Crippen molar-refractivity contribution in [3.8, 4) is 0 Å². The molecular weight excluding hydrogens is 242 g/mol. The predicted octanol–water partition coefficient (Wildman–Crippen LogP) is 0.183. The quantitative estimate of drug-likeness (QED) is 0.768. The third-order valence-corrected chi connectivity index (χ3v) is 4.83. The minimum atomic E-state index is -3.32. The lowest BCUT2D eigenvalue weighted by atomic mass is 10.1. The smallest absolute Gasteiger partial charge is 0.240 e. The highest BCUT2D eigenvalue weighted by molar-refractivity contribution is 7.92. The molecule has 0 aromatic rings. The van der Waals surface area contributed by atoms with Crippen molar-refractivity contribution in [2.45, 2.75) is 43.9 Å². The topological polar surface area (TPSA) is 74.7 Å². The van der Waals surface area contributed by atoms with Gasteiger partial charge in [0.2, 0.25) is 5.91 Å². The van der Waals surface area contributed by atoms with Crippen LogP contribution in [-0.2, 0) is 14.6 Å². The third kappa shape index (κ3) is 3.67. The molecule has 100 valence electrons. The Morgan fingerprint density at radius 3 is 2.71 bits per heavy atom. The molecule has 0 spiro atoms. The molecule has 1 aliphatic rings. The molecule has 1 amide bonds. The van der Waals surface area contributed by atoms with Gasteiger partial charge in [-0.15, -0.1) is 0 Å². The molecule has 1 saturated heterocycles. The van der Waals surface area contributed by atoms with E-state index in [2.05, 4.69) is 0 Å². The lowest BCUT2D eigenvalue weighted by Crippen LogP contribution is -2.43. The fourth-order valence-electron chi connectivity index (χ4n) is 2.17. The molecule has 1 fully saturated rings. The van der Waals surface area contributed by atoms with Crippen LogP contribution in [-0.4, -0.2) is 55.0 Å². The van der Waals surface area contributed by atoms with Gasteiger partial charge in [-0.1, -0.05) is 0 Å². The van der Waals surface area contributed by atoms with Crippen molar-refractivity contribution in [3.05, 3.63) is 0 Å². The summed E-state index contributed by atoms with van der Waals surface area (Å²) in [6, 6.07) is 0.0962. The van der Waals surface area contributed by atoms with Crippen LogP contribution in [0, 0.1) is 0 Å². The molecule has 17 heavy (non-hydrogen) atoms. The molecule has 1 heterocycles. The van der Waals surface area contributed by atoms with Gasteiger partial charge in [0.1, 0.15) is 5.25 Å². The molecule has 0 bridgehead atoms. The number of aliphatic hydroxyl groups excluding tert-OH is 1. The Bertz CT molecular complexity index is 366. The molecule has 0 aromatic carbocycles. The van der Waals surface area contributed by atoms with Crippen molar-refractivity contribution in [1.82, 2.24) is 4.90 Å². The summed E-state index contributed by atoms with van der Waals surface area (Å²) in [6.45, 7) is 2.19. The monoisotopic (exact) mass is 263 g/mol. The second-order valence-corrected chi connectivity index (χ2v) is 7.03. The minimum Gasteiger partial charge on any atom is -0.396 e. The number of hydrogen-bond donors (Lipinski definition) is 1. The van der Waals surface area contributed by atoms with E-state index in [9.17, 15) is 13.2 Å². The molecule has 2 atom stereocenters. The Kier molecular flexibility index (Phi) is 4.94. The molecule has 0 saturated carbocycles. The number of likely N-dealkylation sites (tertiary alicyclic amines) is 1. The van der Waals surface area contributed by atoms with E-state index in [1.54, 1.807) is 4.90 Å². The molecular formula is C11H21NO4S. The highest BCUT2D eigenvalue weighted by atomic mass is 32.2.